The maximum absolute atomic E-state index is 12.2. The summed E-state index contributed by atoms with van der Waals surface area (Å²) in [5, 5.41) is 16.1. The lowest BCUT2D eigenvalue weighted by Crippen LogP contribution is -2.16. The standard InChI is InChI=1S/C21H14ClN3O5/c1-12-2-4-15(25(27)28)10-17(12)19-7-5-16(29-19)11-23-24-21(26)20-9-13-8-14(22)3-6-18(13)30-20/h2-11H,1H3,(H,24,26)/b23-11+. The van der Waals surface area contributed by atoms with Gasteiger partial charge in [0, 0.05) is 28.1 Å². The second kappa shape index (κ2) is 7.84. The molecule has 0 aliphatic carbocycles. The number of hydrogen-bond acceptors (Lipinski definition) is 6. The second-order valence-electron chi connectivity index (χ2n) is 6.45. The van der Waals surface area contributed by atoms with E-state index in [1.807, 2.05) is 6.92 Å². The number of halogens is 1. The van der Waals surface area contributed by atoms with E-state index in [-0.39, 0.29) is 11.4 Å². The highest BCUT2D eigenvalue weighted by Gasteiger charge is 2.14. The van der Waals surface area contributed by atoms with Gasteiger partial charge in [-0.1, -0.05) is 17.7 Å². The van der Waals surface area contributed by atoms with Crippen molar-refractivity contribution in [1.29, 1.82) is 0 Å². The molecule has 0 radical (unpaired) electrons. The van der Waals surface area contributed by atoms with Gasteiger partial charge in [-0.2, -0.15) is 5.10 Å². The fourth-order valence-electron chi connectivity index (χ4n) is 2.89. The van der Waals surface area contributed by atoms with Crippen molar-refractivity contribution >= 4 is 40.4 Å². The molecule has 1 amide bonds. The van der Waals surface area contributed by atoms with Crippen molar-refractivity contribution < 1.29 is 18.6 Å². The van der Waals surface area contributed by atoms with Crippen molar-refractivity contribution in [3.05, 3.63) is 86.8 Å². The highest BCUT2D eigenvalue weighted by molar-refractivity contribution is 6.31. The van der Waals surface area contributed by atoms with Crippen LogP contribution in [0.1, 0.15) is 21.9 Å². The first-order valence-electron chi connectivity index (χ1n) is 8.78. The van der Waals surface area contributed by atoms with Crippen LogP contribution in [0.4, 0.5) is 5.69 Å². The van der Waals surface area contributed by atoms with Gasteiger partial charge in [-0.15, -0.1) is 0 Å². The Hall–Kier alpha value is -3.91. The minimum Gasteiger partial charge on any atom is -0.455 e. The summed E-state index contributed by atoms with van der Waals surface area (Å²) in [4.78, 5) is 22.7. The molecule has 0 atom stereocenters. The van der Waals surface area contributed by atoms with Gasteiger partial charge in [-0.25, -0.2) is 5.43 Å². The van der Waals surface area contributed by atoms with Crippen LogP contribution in [0.2, 0.25) is 5.02 Å². The number of benzene rings is 2. The highest BCUT2D eigenvalue weighted by atomic mass is 35.5. The quantitative estimate of drug-likeness (QED) is 0.265. The average molecular weight is 424 g/mol. The Labute approximate surface area is 174 Å². The van der Waals surface area contributed by atoms with Crippen LogP contribution in [-0.4, -0.2) is 17.0 Å². The third-order valence-electron chi connectivity index (χ3n) is 4.38. The van der Waals surface area contributed by atoms with E-state index >= 15 is 0 Å². The topological polar surface area (TPSA) is 111 Å². The Bertz CT molecular complexity index is 1310. The van der Waals surface area contributed by atoms with Crippen LogP contribution >= 0.6 is 11.6 Å². The number of hydrogen-bond donors (Lipinski definition) is 1. The number of nitro benzene ring substituents is 1. The number of hydrazone groups is 1. The minimum absolute atomic E-state index is 0.0263. The number of amides is 1. The Morgan fingerprint density at radius 1 is 1.13 bits per heavy atom. The van der Waals surface area contributed by atoms with E-state index in [9.17, 15) is 14.9 Å². The number of nitrogens with zero attached hydrogens (tertiary/aromatic N) is 2. The zero-order chi connectivity index (χ0) is 21.3. The van der Waals surface area contributed by atoms with Gasteiger partial charge in [0.1, 0.15) is 17.1 Å². The first-order chi connectivity index (χ1) is 14.4. The second-order valence-corrected chi connectivity index (χ2v) is 6.89. The van der Waals surface area contributed by atoms with E-state index in [4.69, 9.17) is 20.4 Å². The first kappa shape index (κ1) is 19.4. The molecule has 2 aromatic heterocycles. The molecule has 2 heterocycles. The van der Waals surface area contributed by atoms with Gasteiger partial charge < -0.3 is 8.83 Å². The van der Waals surface area contributed by atoms with Crippen molar-refractivity contribution in [1.82, 2.24) is 5.43 Å². The van der Waals surface area contributed by atoms with Crippen molar-refractivity contribution in [2.24, 2.45) is 5.10 Å². The normalized spacial score (nSPS) is 11.3. The third kappa shape index (κ3) is 3.94. The predicted molar refractivity (Wildman–Crippen MR) is 112 cm³/mol. The predicted octanol–water partition coefficient (Wildman–Crippen LogP) is 5.33. The molecule has 0 unspecified atom stereocenters. The Balaban J connectivity index is 1.47. The lowest BCUT2D eigenvalue weighted by atomic mass is 10.1. The molecule has 30 heavy (non-hydrogen) atoms. The van der Waals surface area contributed by atoms with Crippen molar-refractivity contribution in [3.63, 3.8) is 0 Å². The van der Waals surface area contributed by atoms with Crippen LogP contribution < -0.4 is 5.43 Å². The van der Waals surface area contributed by atoms with Gasteiger partial charge >= 0.3 is 5.91 Å². The number of rotatable bonds is 5. The van der Waals surface area contributed by atoms with E-state index in [0.29, 0.717) is 33.1 Å². The summed E-state index contributed by atoms with van der Waals surface area (Å²) >= 11 is 5.93. The van der Waals surface area contributed by atoms with Crippen LogP contribution in [0.25, 0.3) is 22.3 Å². The SMILES string of the molecule is Cc1ccc([N+](=O)[O-])cc1-c1ccc(/C=N/NC(=O)c2cc3cc(Cl)ccc3o2)o1. The zero-order valence-corrected chi connectivity index (χ0v) is 16.3. The zero-order valence-electron chi connectivity index (χ0n) is 15.6. The first-order valence-corrected chi connectivity index (χ1v) is 9.16. The van der Waals surface area contributed by atoms with Gasteiger partial charge in [0.15, 0.2) is 5.76 Å². The molecule has 8 nitrogen and oxygen atoms in total. The van der Waals surface area contributed by atoms with Crippen LogP contribution in [0.15, 0.2) is 68.5 Å². The summed E-state index contributed by atoms with van der Waals surface area (Å²) in [6, 6.07) is 14.5. The molecule has 0 aliphatic rings. The largest absolute Gasteiger partial charge is 0.455 e. The number of fused-ring (bicyclic) bond motifs is 1. The van der Waals surface area contributed by atoms with E-state index in [1.165, 1.54) is 18.3 Å². The summed E-state index contributed by atoms with van der Waals surface area (Å²) in [7, 11) is 0. The molecule has 150 valence electrons. The summed E-state index contributed by atoms with van der Waals surface area (Å²) in [6.07, 6.45) is 1.33. The molecule has 0 bridgehead atoms. The van der Waals surface area contributed by atoms with Crippen molar-refractivity contribution in [3.8, 4) is 11.3 Å². The fourth-order valence-corrected chi connectivity index (χ4v) is 3.07. The molecule has 2 aromatic carbocycles. The molecule has 0 saturated heterocycles. The van der Waals surface area contributed by atoms with Crippen LogP contribution in [0, 0.1) is 17.0 Å². The Kier molecular flexibility index (Phi) is 5.07. The van der Waals surface area contributed by atoms with Gasteiger partial charge in [0.2, 0.25) is 0 Å². The van der Waals surface area contributed by atoms with Crippen LogP contribution in [0.3, 0.4) is 0 Å². The molecular formula is C21H14ClN3O5. The van der Waals surface area contributed by atoms with Gasteiger partial charge in [0.25, 0.3) is 5.69 Å². The Morgan fingerprint density at radius 3 is 2.77 bits per heavy atom. The number of carbonyl (C=O) groups excluding carboxylic acids is 1. The number of furan rings is 2. The molecule has 1 N–H and O–H groups in total. The van der Waals surface area contributed by atoms with Gasteiger partial charge in [-0.3, -0.25) is 14.9 Å². The maximum Gasteiger partial charge on any atom is 0.307 e. The van der Waals surface area contributed by atoms with E-state index in [1.54, 1.807) is 42.5 Å². The number of aryl methyl sites for hydroxylation is 1. The molecule has 4 aromatic rings. The summed E-state index contributed by atoms with van der Waals surface area (Å²) in [5.41, 5.74) is 4.31. The Morgan fingerprint density at radius 2 is 1.97 bits per heavy atom. The fraction of sp³-hybridized carbons (Fsp3) is 0.0476. The van der Waals surface area contributed by atoms with Crippen molar-refractivity contribution in [2.45, 2.75) is 6.92 Å². The lowest BCUT2D eigenvalue weighted by Gasteiger charge is -2.02. The maximum atomic E-state index is 12.2. The lowest BCUT2D eigenvalue weighted by molar-refractivity contribution is -0.384. The van der Waals surface area contributed by atoms with Crippen LogP contribution in [0.5, 0.6) is 0 Å². The van der Waals surface area contributed by atoms with E-state index in [2.05, 4.69) is 10.5 Å². The van der Waals surface area contributed by atoms with Crippen LogP contribution in [-0.2, 0) is 0 Å². The highest BCUT2D eigenvalue weighted by Crippen LogP contribution is 2.29. The number of nitrogens with one attached hydrogen (secondary N) is 1. The average Bonchev–Trinajstić information content (AvgIpc) is 3.34. The summed E-state index contributed by atoms with van der Waals surface area (Å²) < 4.78 is 11.1. The monoisotopic (exact) mass is 423 g/mol. The van der Waals surface area contributed by atoms with E-state index < -0.39 is 10.8 Å². The molecule has 4 rings (SSSR count). The van der Waals surface area contributed by atoms with Gasteiger partial charge in [-0.05, 0) is 48.9 Å². The smallest absolute Gasteiger partial charge is 0.307 e. The molecule has 0 fully saturated rings. The molecule has 0 saturated carbocycles. The summed E-state index contributed by atoms with van der Waals surface area (Å²) in [6.45, 7) is 1.83. The third-order valence-corrected chi connectivity index (χ3v) is 4.62. The molecule has 0 aliphatic heterocycles. The number of non-ortho nitro benzene ring substituents is 1. The molecular weight excluding hydrogens is 410 g/mol. The summed E-state index contributed by atoms with van der Waals surface area (Å²) in [5.74, 6) is 0.391. The molecule has 0 spiro atoms. The minimum atomic E-state index is -0.528. The van der Waals surface area contributed by atoms with Gasteiger partial charge in [0.05, 0.1) is 11.1 Å². The number of carbonyl (C=O) groups is 1. The number of nitro groups is 1. The van der Waals surface area contributed by atoms with E-state index in [0.717, 1.165) is 5.56 Å². The molecule has 9 heteroatoms. The van der Waals surface area contributed by atoms with Crippen molar-refractivity contribution in [2.75, 3.05) is 0 Å².